The standard InChI is InChI=1S/C21H28FNO3/c22-18-10-8-9-17(15-18)21(11-4-5-12-21)20(25)26-16-19(24)23-13-6-2-1-3-7-14-23/h8-10,15H,1-7,11-14,16H2. The highest BCUT2D eigenvalue weighted by atomic mass is 19.1. The summed E-state index contributed by atoms with van der Waals surface area (Å²) in [7, 11) is 0. The van der Waals surface area contributed by atoms with Gasteiger partial charge in [0.2, 0.25) is 0 Å². The van der Waals surface area contributed by atoms with Crippen LogP contribution in [0.5, 0.6) is 0 Å². The van der Waals surface area contributed by atoms with Crippen molar-refractivity contribution in [2.24, 2.45) is 0 Å². The number of esters is 1. The highest BCUT2D eigenvalue weighted by molar-refractivity contribution is 5.86. The number of benzene rings is 1. The average molecular weight is 361 g/mol. The van der Waals surface area contributed by atoms with E-state index in [-0.39, 0.29) is 24.3 Å². The first kappa shape index (κ1) is 18.9. The van der Waals surface area contributed by atoms with E-state index < -0.39 is 5.41 Å². The van der Waals surface area contributed by atoms with Crippen molar-refractivity contribution in [2.45, 2.75) is 63.2 Å². The van der Waals surface area contributed by atoms with Crippen molar-refractivity contribution in [1.29, 1.82) is 0 Å². The molecule has 4 nitrogen and oxygen atoms in total. The van der Waals surface area contributed by atoms with Gasteiger partial charge in [0, 0.05) is 13.1 Å². The van der Waals surface area contributed by atoms with Gasteiger partial charge < -0.3 is 9.64 Å². The van der Waals surface area contributed by atoms with E-state index >= 15 is 0 Å². The predicted octanol–water partition coefficient (Wildman–Crippen LogP) is 3.97. The van der Waals surface area contributed by atoms with Crippen molar-refractivity contribution in [2.75, 3.05) is 19.7 Å². The van der Waals surface area contributed by atoms with Gasteiger partial charge >= 0.3 is 5.97 Å². The summed E-state index contributed by atoms with van der Waals surface area (Å²) in [6, 6.07) is 6.22. The zero-order valence-corrected chi connectivity index (χ0v) is 15.3. The Morgan fingerprint density at radius 3 is 2.31 bits per heavy atom. The zero-order chi connectivity index (χ0) is 18.4. The summed E-state index contributed by atoms with van der Waals surface area (Å²) >= 11 is 0. The average Bonchev–Trinajstić information content (AvgIpc) is 3.10. The van der Waals surface area contributed by atoms with Gasteiger partial charge in [-0.1, -0.05) is 44.2 Å². The number of halogens is 1. The Hall–Kier alpha value is -1.91. The molecular formula is C21H28FNO3. The van der Waals surface area contributed by atoms with Gasteiger partial charge in [-0.05, 0) is 43.4 Å². The largest absolute Gasteiger partial charge is 0.455 e. The summed E-state index contributed by atoms with van der Waals surface area (Å²) in [5.41, 5.74) is -0.141. The zero-order valence-electron chi connectivity index (χ0n) is 15.3. The van der Waals surface area contributed by atoms with E-state index in [2.05, 4.69) is 0 Å². The molecule has 5 heteroatoms. The Kier molecular flexibility index (Phi) is 6.28. The molecule has 1 saturated carbocycles. The first-order valence-corrected chi connectivity index (χ1v) is 9.83. The van der Waals surface area contributed by atoms with E-state index in [1.165, 1.54) is 18.6 Å². The molecule has 3 rings (SSSR count). The molecule has 1 aliphatic heterocycles. The van der Waals surface area contributed by atoms with Crippen molar-refractivity contribution in [3.8, 4) is 0 Å². The maximum atomic E-state index is 13.7. The van der Waals surface area contributed by atoms with Crippen LogP contribution in [0.3, 0.4) is 0 Å². The monoisotopic (exact) mass is 361 g/mol. The Balaban J connectivity index is 1.64. The molecule has 1 heterocycles. The van der Waals surface area contributed by atoms with Gasteiger partial charge in [0.1, 0.15) is 5.82 Å². The molecule has 1 saturated heterocycles. The normalized spacial score (nSPS) is 20.3. The third kappa shape index (κ3) is 4.25. The van der Waals surface area contributed by atoms with Crippen LogP contribution in [0, 0.1) is 5.82 Å². The lowest BCUT2D eigenvalue weighted by atomic mass is 9.79. The highest BCUT2D eigenvalue weighted by Crippen LogP contribution is 2.42. The first-order chi connectivity index (χ1) is 12.6. The van der Waals surface area contributed by atoms with E-state index in [1.54, 1.807) is 12.1 Å². The third-order valence-corrected chi connectivity index (χ3v) is 5.76. The maximum absolute atomic E-state index is 13.7. The van der Waals surface area contributed by atoms with E-state index in [0.29, 0.717) is 18.4 Å². The summed E-state index contributed by atoms with van der Waals surface area (Å²) in [4.78, 5) is 27.2. The SMILES string of the molecule is O=C(COC(=O)C1(c2cccc(F)c2)CCCC1)N1CCCCCCC1. The van der Waals surface area contributed by atoms with Crippen LogP contribution in [0.25, 0.3) is 0 Å². The molecule has 0 atom stereocenters. The minimum Gasteiger partial charge on any atom is -0.455 e. The van der Waals surface area contributed by atoms with E-state index in [9.17, 15) is 14.0 Å². The van der Waals surface area contributed by atoms with Crippen molar-refractivity contribution >= 4 is 11.9 Å². The van der Waals surface area contributed by atoms with E-state index in [0.717, 1.165) is 51.6 Å². The summed E-state index contributed by atoms with van der Waals surface area (Å²) in [6.45, 7) is 1.27. The number of carbonyl (C=O) groups excluding carboxylic acids is 2. The van der Waals surface area contributed by atoms with E-state index in [1.807, 2.05) is 4.90 Å². The molecule has 1 aliphatic carbocycles. The van der Waals surface area contributed by atoms with Gasteiger partial charge in [-0.25, -0.2) is 4.39 Å². The van der Waals surface area contributed by atoms with Gasteiger partial charge in [-0.3, -0.25) is 9.59 Å². The van der Waals surface area contributed by atoms with Crippen LogP contribution in [0.4, 0.5) is 4.39 Å². The number of nitrogens with zero attached hydrogens (tertiary/aromatic N) is 1. The molecule has 0 spiro atoms. The van der Waals surface area contributed by atoms with E-state index in [4.69, 9.17) is 4.74 Å². The molecule has 2 aliphatic rings. The molecule has 1 amide bonds. The van der Waals surface area contributed by atoms with Crippen molar-refractivity contribution in [3.63, 3.8) is 0 Å². The lowest BCUT2D eigenvalue weighted by molar-refractivity contribution is -0.157. The molecule has 26 heavy (non-hydrogen) atoms. The number of amides is 1. The number of hydrogen-bond donors (Lipinski definition) is 0. The fourth-order valence-electron chi connectivity index (χ4n) is 4.23. The van der Waals surface area contributed by atoms with Crippen LogP contribution < -0.4 is 0 Å². The molecule has 1 aromatic carbocycles. The Bertz CT molecular complexity index is 632. The van der Waals surface area contributed by atoms with Crippen molar-refractivity contribution in [1.82, 2.24) is 4.90 Å². The Labute approximate surface area is 154 Å². The Morgan fingerprint density at radius 1 is 1.00 bits per heavy atom. The predicted molar refractivity (Wildman–Crippen MR) is 97.2 cm³/mol. The van der Waals surface area contributed by atoms with Crippen molar-refractivity contribution < 1.29 is 18.7 Å². The molecule has 0 radical (unpaired) electrons. The van der Waals surface area contributed by atoms with Crippen LogP contribution in [0.1, 0.15) is 63.4 Å². The quantitative estimate of drug-likeness (QED) is 0.762. The molecule has 0 N–H and O–H groups in total. The molecule has 2 fully saturated rings. The van der Waals surface area contributed by atoms with Gasteiger partial charge in [-0.15, -0.1) is 0 Å². The number of likely N-dealkylation sites (tertiary alicyclic amines) is 1. The molecular weight excluding hydrogens is 333 g/mol. The molecule has 142 valence electrons. The lowest BCUT2D eigenvalue weighted by Gasteiger charge is -2.28. The number of hydrogen-bond acceptors (Lipinski definition) is 3. The summed E-state index contributed by atoms with van der Waals surface area (Å²) < 4.78 is 19.1. The highest BCUT2D eigenvalue weighted by Gasteiger charge is 2.44. The van der Waals surface area contributed by atoms with Crippen LogP contribution in [0.15, 0.2) is 24.3 Å². The van der Waals surface area contributed by atoms with Crippen LogP contribution in [-0.2, 0) is 19.7 Å². The van der Waals surface area contributed by atoms with Crippen LogP contribution >= 0.6 is 0 Å². The fourth-order valence-corrected chi connectivity index (χ4v) is 4.23. The Morgan fingerprint density at radius 2 is 1.65 bits per heavy atom. The topological polar surface area (TPSA) is 46.6 Å². The number of ether oxygens (including phenoxy) is 1. The smallest absolute Gasteiger partial charge is 0.317 e. The summed E-state index contributed by atoms with van der Waals surface area (Å²) in [6.07, 6.45) is 8.64. The summed E-state index contributed by atoms with van der Waals surface area (Å²) in [5.74, 6) is -0.855. The number of rotatable bonds is 4. The summed E-state index contributed by atoms with van der Waals surface area (Å²) in [5, 5.41) is 0. The molecule has 0 bridgehead atoms. The minimum absolute atomic E-state index is 0.118. The van der Waals surface area contributed by atoms with Crippen LogP contribution in [0.2, 0.25) is 0 Å². The molecule has 0 aromatic heterocycles. The maximum Gasteiger partial charge on any atom is 0.317 e. The van der Waals surface area contributed by atoms with Crippen LogP contribution in [-0.4, -0.2) is 36.5 Å². The van der Waals surface area contributed by atoms with Gasteiger partial charge in [0.05, 0.1) is 5.41 Å². The molecule has 0 unspecified atom stereocenters. The number of carbonyl (C=O) groups is 2. The second-order valence-electron chi connectivity index (χ2n) is 7.52. The minimum atomic E-state index is -0.807. The second-order valence-corrected chi connectivity index (χ2v) is 7.52. The lowest BCUT2D eigenvalue weighted by Crippen LogP contribution is -2.40. The third-order valence-electron chi connectivity index (χ3n) is 5.76. The molecule has 1 aromatic rings. The van der Waals surface area contributed by atoms with Crippen molar-refractivity contribution in [3.05, 3.63) is 35.6 Å². The first-order valence-electron chi connectivity index (χ1n) is 9.83. The van der Waals surface area contributed by atoms with Gasteiger partial charge in [-0.2, -0.15) is 0 Å². The van der Waals surface area contributed by atoms with Gasteiger partial charge in [0.15, 0.2) is 6.61 Å². The second kappa shape index (κ2) is 8.65. The fraction of sp³-hybridized carbons (Fsp3) is 0.619. The van der Waals surface area contributed by atoms with Gasteiger partial charge in [0.25, 0.3) is 5.91 Å².